The summed E-state index contributed by atoms with van der Waals surface area (Å²) in [6.45, 7) is 1.68. The molecule has 0 aliphatic carbocycles. The molecule has 0 unspecified atom stereocenters. The summed E-state index contributed by atoms with van der Waals surface area (Å²) in [4.78, 5) is 12.6. The number of carbonyl (C=O) groups is 1. The lowest BCUT2D eigenvalue weighted by Crippen LogP contribution is -2.27. The zero-order valence-corrected chi connectivity index (χ0v) is 17.5. The maximum Gasteiger partial charge on any atom is 0.264 e. The Labute approximate surface area is 175 Å². The lowest BCUT2D eigenvalue weighted by Gasteiger charge is -2.22. The molecule has 0 saturated carbocycles. The number of methoxy groups -OCH3 is 1. The molecule has 0 aromatic heterocycles. The first-order valence-corrected chi connectivity index (χ1v) is 10.5. The zero-order chi connectivity index (χ0) is 21.9. The van der Waals surface area contributed by atoms with E-state index < -0.39 is 21.7 Å². The number of rotatable bonds is 6. The monoisotopic (exact) mass is 428 g/mol. The maximum absolute atomic E-state index is 13.9. The van der Waals surface area contributed by atoms with Crippen molar-refractivity contribution in [2.45, 2.75) is 11.8 Å². The van der Waals surface area contributed by atoms with Crippen LogP contribution in [-0.2, 0) is 10.0 Å². The highest BCUT2D eigenvalue weighted by Gasteiger charge is 2.25. The predicted octanol–water partition coefficient (Wildman–Crippen LogP) is 4.22. The lowest BCUT2D eigenvalue weighted by molar-refractivity contribution is 0.102. The number of nitrogens with one attached hydrogen (secondary N) is 1. The minimum Gasteiger partial charge on any atom is -0.495 e. The number of sulfonamides is 1. The number of hydrogen-bond donors (Lipinski definition) is 1. The first-order valence-electron chi connectivity index (χ1n) is 9.04. The van der Waals surface area contributed by atoms with E-state index in [4.69, 9.17) is 4.74 Å². The first kappa shape index (κ1) is 21.3. The molecule has 1 N–H and O–H groups in total. The Morgan fingerprint density at radius 2 is 1.70 bits per heavy atom. The predicted molar refractivity (Wildman–Crippen MR) is 114 cm³/mol. The minimum absolute atomic E-state index is 0.0151. The van der Waals surface area contributed by atoms with Crippen molar-refractivity contribution >= 4 is 27.3 Å². The molecule has 3 aromatic carbocycles. The van der Waals surface area contributed by atoms with Gasteiger partial charge in [-0.25, -0.2) is 12.8 Å². The van der Waals surface area contributed by atoms with Crippen LogP contribution in [0.3, 0.4) is 0 Å². The van der Waals surface area contributed by atoms with E-state index in [1.807, 2.05) is 0 Å². The Balaban J connectivity index is 1.97. The summed E-state index contributed by atoms with van der Waals surface area (Å²) in [5.74, 6) is -0.786. The van der Waals surface area contributed by atoms with Crippen molar-refractivity contribution in [2.75, 3.05) is 23.8 Å². The number of nitrogens with zero attached hydrogens (tertiary/aromatic N) is 1. The van der Waals surface area contributed by atoms with E-state index in [0.29, 0.717) is 17.0 Å². The Morgan fingerprint density at radius 1 is 1.03 bits per heavy atom. The van der Waals surface area contributed by atoms with Crippen LogP contribution in [0.1, 0.15) is 15.9 Å². The average molecular weight is 428 g/mol. The van der Waals surface area contributed by atoms with E-state index >= 15 is 0 Å². The molecule has 0 saturated heterocycles. The molecule has 0 spiro atoms. The molecule has 0 bridgehead atoms. The van der Waals surface area contributed by atoms with Gasteiger partial charge in [0, 0.05) is 12.6 Å². The van der Waals surface area contributed by atoms with Gasteiger partial charge in [0.1, 0.15) is 11.6 Å². The molecule has 3 aromatic rings. The van der Waals surface area contributed by atoms with Crippen molar-refractivity contribution in [1.82, 2.24) is 0 Å². The smallest absolute Gasteiger partial charge is 0.264 e. The maximum atomic E-state index is 13.9. The van der Waals surface area contributed by atoms with Crippen LogP contribution >= 0.6 is 0 Å². The summed E-state index contributed by atoms with van der Waals surface area (Å²) in [5.41, 5.74) is 1.06. The van der Waals surface area contributed by atoms with Crippen LogP contribution < -0.4 is 14.4 Å². The highest BCUT2D eigenvalue weighted by atomic mass is 32.2. The van der Waals surface area contributed by atoms with Crippen molar-refractivity contribution < 1.29 is 22.3 Å². The fourth-order valence-corrected chi connectivity index (χ4v) is 4.17. The number of carbonyl (C=O) groups excluding carboxylic acids is 1. The fraction of sp³-hybridized carbons (Fsp3) is 0.136. The van der Waals surface area contributed by atoms with E-state index in [0.717, 1.165) is 4.31 Å². The lowest BCUT2D eigenvalue weighted by atomic mass is 10.1. The fourth-order valence-electron chi connectivity index (χ4n) is 2.94. The van der Waals surface area contributed by atoms with E-state index in [9.17, 15) is 17.6 Å². The van der Waals surface area contributed by atoms with E-state index in [2.05, 4.69) is 5.32 Å². The van der Waals surface area contributed by atoms with Crippen molar-refractivity contribution in [3.63, 3.8) is 0 Å². The molecule has 0 heterocycles. The second-order valence-electron chi connectivity index (χ2n) is 6.56. The van der Waals surface area contributed by atoms with Gasteiger partial charge in [0.25, 0.3) is 15.9 Å². The molecule has 30 heavy (non-hydrogen) atoms. The molecule has 6 nitrogen and oxygen atoms in total. The summed E-state index contributed by atoms with van der Waals surface area (Å²) >= 11 is 0. The molecule has 3 rings (SSSR count). The van der Waals surface area contributed by atoms with Crippen molar-refractivity contribution in [3.05, 3.63) is 83.7 Å². The Bertz CT molecular complexity index is 1200. The zero-order valence-electron chi connectivity index (χ0n) is 16.7. The highest BCUT2D eigenvalue weighted by Crippen LogP contribution is 2.31. The second kappa shape index (κ2) is 8.54. The standard InChI is InChI=1S/C22H21FN2O4S/c1-15-12-13-16(14-17(15)22(26)24-19-9-5-4-8-18(19)23)30(27,28)25(2)20-10-6-7-11-21(20)29-3/h4-14H,1-3H3,(H,24,26). The van der Waals surface area contributed by atoms with Crippen LogP contribution in [0, 0.1) is 12.7 Å². The molecule has 0 aliphatic heterocycles. The average Bonchev–Trinajstić information content (AvgIpc) is 2.74. The highest BCUT2D eigenvalue weighted by molar-refractivity contribution is 7.92. The summed E-state index contributed by atoms with van der Waals surface area (Å²) in [6, 6.07) is 16.7. The van der Waals surface area contributed by atoms with Crippen molar-refractivity contribution in [2.24, 2.45) is 0 Å². The van der Waals surface area contributed by atoms with Gasteiger partial charge in [-0.15, -0.1) is 0 Å². The van der Waals surface area contributed by atoms with Crippen molar-refractivity contribution in [3.8, 4) is 5.75 Å². The molecule has 156 valence electrons. The van der Waals surface area contributed by atoms with Crippen LogP contribution in [0.2, 0.25) is 0 Å². The molecule has 0 fully saturated rings. The largest absolute Gasteiger partial charge is 0.495 e. The van der Waals surface area contributed by atoms with Gasteiger partial charge in [0.15, 0.2) is 0 Å². The van der Waals surface area contributed by atoms with Crippen molar-refractivity contribution in [1.29, 1.82) is 0 Å². The van der Waals surface area contributed by atoms with Gasteiger partial charge in [0.2, 0.25) is 0 Å². The second-order valence-corrected chi connectivity index (χ2v) is 8.52. The number of benzene rings is 3. The van der Waals surface area contributed by atoms with Crippen LogP contribution in [0.5, 0.6) is 5.75 Å². The normalized spacial score (nSPS) is 11.1. The van der Waals surface area contributed by atoms with Gasteiger partial charge in [-0.2, -0.15) is 0 Å². The summed E-state index contributed by atoms with van der Waals surface area (Å²) in [6.07, 6.45) is 0. The molecular weight excluding hydrogens is 407 g/mol. The van der Waals surface area contributed by atoms with Gasteiger partial charge in [-0.3, -0.25) is 9.10 Å². The van der Waals surface area contributed by atoms with Crippen LogP contribution in [0.4, 0.5) is 15.8 Å². The Kier molecular flexibility index (Phi) is 6.07. The topological polar surface area (TPSA) is 75.7 Å². The first-order chi connectivity index (χ1) is 14.3. The van der Waals surface area contributed by atoms with E-state index in [1.54, 1.807) is 43.3 Å². The summed E-state index contributed by atoms with van der Waals surface area (Å²) in [5, 5.41) is 2.48. The van der Waals surface area contributed by atoms with Gasteiger partial charge in [-0.05, 0) is 48.9 Å². The SMILES string of the molecule is COc1ccccc1N(C)S(=O)(=O)c1ccc(C)c(C(=O)Nc2ccccc2F)c1. The van der Waals surface area contributed by atoms with E-state index in [1.165, 1.54) is 44.5 Å². The van der Waals surface area contributed by atoms with E-state index in [-0.39, 0.29) is 16.1 Å². The van der Waals surface area contributed by atoms with Crippen LogP contribution in [0.15, 0.2) is 71.6 Å². The Morgan fingerprint density at radius 3 is 2.40 bits per heavy atom. The molecule has 1 amide bonds. The van der Waals surface area contributed by atoms with Gasteiger partial charge in [0.05, 0.1) is 23.4 Å². The number of halogens is 1. The number of amides is 1. The third-order valence-electron chi connectivity index (χ3n) is 4.66. The third-order valence-corrected chi connectivity index (χ3v) is 6.43. The third kappa shape index (κ3) is 4.13. The minimum atomic E-state index is -3.98. The number of ether oxygens (including phenoxy) is 1. The molecular formula is C22H21FN2O4S. The van der Waals surface area contributed by atoms with Crippen LogP contribution in [-0.4, -0.2) is 28.5 Å². The Hall–Kier alpha value is -3.39. The summed E-state index contributed by atoms with van der Waals surface area (Å²) in [7, 11) is -1.12. The number of para-hydroxylation sites is 3. The molecule has 0 atom stereocenters. The number of anilines is 2. The molecule has 0 aliphatic rings. The van der Waals surface area contributed by atoms with Gasteiger partial charge >= 0.3 is 0 Å². The van der Waals surface area contributed by atoms with Crippen LogP contribution in [0.25, 0.3) is 0 Å². The summed E-state index contributed by atoms with van der Waals surface area (Å²) < 4.78 is 46.6. The quantitative estimate of drug-likeness (QED) is 0.638. The van der Waals surface area contributed by atoms with Gasteiger partial charge in [-0.1, -0.05) is 30.3 Å². The molecule has 8 heteroatoms. The van der Waals surface area contributed by atoms with Gasteiger partial charge < -0.3 is 10.1 Å². The number of aryl methyl sites for hydroxylation is 1. The molecule has 0 radical (unpaired) electrons. The number of hydrogen-bond acceptors (Lipinski definition) is 4.